The highest BCUT2D eigenvalue weighted by Crippen LogP contribution is 2.29. The number of H-pyrrole nitrogens is 1. The molecule has 3 aromatic rings. The lowest BCUT2D eigenvalue weighted by Gasteiger charge is -2.11. The SMILES string of the molecule is CC(C)c1[nH]c(=S)n(-c2ccc(N=Nc3ccc(N(C)C)cc3)cc2)c1O. The van der Waals surface area contributed by atoms with Crippen LogP contribution in [-0.2, 0) is 0 Å². The van der Waals surface area contributed by atoms with E-state index in [2.05, 4.69) is 15.2 Å². The maximum Gasteiger partial charge on any atom is 0.218 e. The Bertz CT molecular complexity index is 998. The van der Waals surface area contributed by atoms with Crippen molar-refractivity contribution in [2.24, 2.45) is 10.2 Å². The molecular weight excluding hydrogens is 358 g/mol. The zero-order valence-electron chi connectivity index (χ0n) is 15.8. The fraction of sp³-hybridized carbons (Fsp3) is 0.250. The largest absolute Gasteiger partial charge is 0.493 e. The minimum absolute atomic E-state index is 0.144. The van der Waals surface area contributed by atoms with Gasteiger partial charge in [-0.1, -0.05) is 13.8 Å². The first-order valence-electron chi connectivity index (χ1n) is 8.70. The maximum atomic E-state index is 10.4. The van der Waals surface area contributed by atoms with E-state index in [0.29, 0.717) is 4.77 Å². The van der Waals surface area contributed by atoms with Crippen molar-refractivity contribution in [3.63, 3.8) is 0 Å². The minimum Gasteiger partial charge on any atom is -0.493 e. The van der Waals surface area contributed by atoms with Gasteiger partial charge in [0.15, 0.2) is 4.77 Å². The first kappa shape index (κ1) is 18.8. The van der Waals surface area contributed by atoms with E-state index in [1.54, 1.807) is 4.57 Å². The Kier molecular flexibility index (Phi) is 5.41. The average molecular weight is 382 g/mol. The molecular formula is C20H23N5OS. The Morgan fingerprint density at radius 1 is 0.963 bits per heavy atom. The molecule has 6 nitrogen and oxygen atoms in total. The van der Waals surface area contributed by atoms with Crippen molar-refractivity contribution in [3.8, 4) is 11.6 Å². The molecule has 0 fully saturated rings. The van der Waals surface area contributed by atoms with E-state index < -0.39 is 0 Å². The molecule has 1 aromatic heterocycles. The van der Waals surface area contributed by atoms with Crippen LogP contribution in [0.3, 0.4) is 0 Å². The zero-order chi connectivity index (χ0) is 19.6. The first-order chi connectivity index (χ1) is 12.9. The lowest BCUT2D eigenvalue weighted by atomic mass is 10.1. The predicted molar refractivity (Wildman–Crippen MR) is 112 cm³/mol. The smallest absolute Gasteiger partial charge is 0.218 e. The second-order valence-electron chi connectivity index (χ2n) is 6.78. The van der Waals surface area contributed by atoms with Gasteiger partial charge in [-0.05, 0) is 66.7 Å². The van der Waals surface area contributed by atoms with Gasteiger partial charge in [0.25, 0.3) is 0 Å². The Hall–Kier alpha value is -2.93. The summed E-state index contributed by atoms with van der Waals surface area (Å²) < 4.78 is 2.08. The average Bonchev–Trinajstić information content (AvgIpc) is 2.95. The lowest BCUT2D eigenvalue weighted by Crippen LogP contribution is -2.07. The number of rotatable bonds is 5. The van der Waals surface area contributed by atoms with E-state index >= 15 is 0 Å². The van der Waals surface area contributed by atoms with Crippen LogP contribution in [0.2, 0.25) is 0 Å². The monoisotopic (exact) mass is 381 g/mol. The van der Waals surface area contributed by atoms with Gasteiger partial charge in [-0.25, -0.2) is 0 Å². The standard InChI is InChI=1S/C20H23N5OS/c1-13(2)18-19(26)25(20(27)21-18)17-11-7-15(8-12-17)23-22-14-5-9-16(10-6-14)24(3)4/h5-13,26H,1-4H3,(H,21,27). The number of nitrogens with zero attached hydrogens (tertiary/aromatic N) is 4. The molecule has 0 saturated carbocycles. The van der Waals surface area contributed by atoms with Crippen LogP contribution in [0.1, 0.15) is 25.5 Å². The molecule has 140 valence electrons. The summed E-state index contributed by atoms with van der Waals surface area (Å²) in [6, 6.07) is 15.3. The fourth-order valence-corrected chi connectivity index (χ4v) is 2.99. The number of aromatic amines is 1. The number of hydrogen-bond acceptors (Lipinski definition) is 5. The Balaban J connectivity index is 1.81. The normalized spacial score (nSPS) is 11.4. The number of aromatic hydroxyl groups is 1. The van der Waals surface area contributed by atoms with Crippen LogP contribution in [-0.4, -0.2) is 28.8 Å². The molecule has 3 rings (SSSR count). The summed E-state index contributed by atoms with van der Waals surface area (Å²) in [7, 11) is 3.99. The molecule has 0 aliphatic rings. The topological polar surface area (TPSA) is 68.9 Å². The zero-order valence-corrected chi connectivity index (χ0v) is 16.7. The summed E-state index contributed by atoms with van der Waals surface area (Å²) in [5.41, 5.74) is 4.12. The molecule has 0 saturated heterocycles. The number of hydrogen-bond donors (Lipinski definition) is 2. The van der Waals surface area contributed by atoms with E-state index in [4.69, 9.17) is 12.2 Å². The maximum absolute atomic E-state index is 10.4. The number of benzene rings is 2. The van der Waals surface area contributed by atoms with Gasteiger partial charge in [0.2, 0.25) is 5.88 Å². The van der Waals surface area contributed by atoms with Crippen LogP contribution in [0.4, 0.5) is 17.1 Å². The Labute approximate surface area is 163 Å². The molecule has 0 bridgehead atoms. The number of azo groups is 1. The second-order valence-corrected chi connectivity index (χ2v) is 7.17. The molecule has 0 amide bonds. The van der Waals surface area contributed by atoms with E-state index in [-0.39, 0.29) is 11.8 Å². The molecule has 0 radical (unpaired) electrons. The fourth-order valence-electron chi connectivity index (χ4n) is 2.69. The van der Waals surface area contributed by atoms with E-state index in [1.165, 1.54) is 0 Å². The van der Waals surface area contributed by atoms with Crippen LogP contribution in [0, 0.1) is 4.77 Å². The quantitative estimate of drug-likeness (QED) is 0.430. The van der Waals surface area contributed by atoms with Crippen molar-refractivity contribution in [3.05, 3.63) is 59.0 Å². The molecule has 7 heteroatoms. The number of nitrogens with one attached hydrogen (secondary N) is 1. The Morgan fingerprint density at radius 2 is 1.48 bits per heavy atom. The molecule has 0 aliphatic heterocycles. The highest BCUT2D eigenvalue weighted by molar-refractivity contribution is 7.71. The summed E-state index contributed by atoms with van der Waals surface area (Å²) in [6.45, 7) is 4.00. The summed E-state index contributed by atoms with van der Waals surface area (Å²) in [4.78, 5) is 5.10. The molecule has 1 heterocycles. The molecule has 27 heavy (non-hydrogen) atoms. The minimum atomic E-state index is 0.144. The summed E-state index contributed by atoms with van der Waals surface area (Å²) in [6.07, 6.45) is 0. The Morgan fingerprint density at radius 3 is 1.93 bits per heavy atom. The van der Waals surface area contributed by atoms with Gasteiger partial charge in [0.05, 0.1) is 22.8 Å². The van der Waals surface area contributed by atoms with Gasteiger partial charge in [-0.15, -0.1) is 0 Å². The first-order valence-corrected chi connectivity index (χ1v) is 9.11. The predicted octanol–water partition coefficient (Wildman–Crippen LogP) is 5.85. The van der Waals surface area contributed by atoms with Crippen molar-refractivity contribution < 1.29 is 5.11 Å². The van der Waals surface area contributed by atoms with Gasteiger partial charge in [0, 0.05) is 19.8 Å². The van der Waals surface area contributed by atoms with Gasteiger partial charge in [0.1, 0.15) is 0 Å². The van der Waals surface area contributed by atoms with Crippen LogP contribution < -0.4 is 4.90 Å². The summed E-state index contributed by atoms with van der Waals surface area (Å²) in [5.74, 6) is 0.297. The van der Waals surface area contributed by atoms with Crippen molar-refractivity contribution in [1.82, 2.24) is 9.55 Å². The summed E-state index contributed by atoms with van der Waals surface area (Å²) in [5, 5.41) is 19.0. The third kappa shape index (κ3) is 4.09. The number of imidazole rings is 1. The molecule has 0 spiro atoms. The molecule has 0 atom stereocenters. The molecule has 2 aromatic carbocycles. The highest BCUT2D eigenvalue weighted by atomic mass is 32.1. The second kappa shape index (κ2) is 7.75. The summed E-state index contributed by atoms with van der Waals surface area (Å²) >= 11 is 5.34. The van der Waals surface area contributed by atoms with E-state index in [9.17, 15) is 5.11 Å². The van der Waals surface area contributed by atoms with Crippen LogP contribution >= 0.6 is 12.2 Å². The number of anilines is 1. The highest BCUT2D eigenvalue weighted by Gasteiger charge is 2.15. The molecule has 0 aliphatic carbocycles. The van der Waals surface area contributed by atoms with E-state index in [1.807, 2.05) is 81.4 Å². The van der Waals surface area contributed by atoms with Crippen LogP contribution in [0.25, 0.3) is 5.69 Å². The van der Waals surface area contributed by atoms with Gasteiger partial charge in [-0.2, -0.15) is 10.2 Å². The van der Waals surface area contributed by atoms with Gasteiger partial charge in [-0.3, -0.25) is 4.57 Å². The van der Waals surface area contributed by atoms with Crippen molar-refractivity contribution in [1.29, 1.82) is 0 Å². The third-order valence-corrected chi connectivity index (χ3v) is 4.51. The van der Waals surface area contributed by atoms with Gasteiger partial charge >= 0.3 is 0 Å². The number of aromatic nitrogens is 2. The van der Waals surface area contributed by atoms with Crippen molar-refractivity contribution >= 4 is 29.3 Å². The van der Waals surface area contributed by atoms with E-state index in [0.717, 1.165) is 28.4 Å². The molecule has 0 unspecified atom stereocenters. The van der Waals surface area contributed by atoms with Crippen molar-refractivity contribution in [2.75, 3.05) is 19.0 Å². The lowest BCUT2D eigenvalue weighted by molar-refractivity contribution is 0.432. The third-order valence-electron chi connectivity index (χ3n) is 4.23. The molecule has 2 N–H and O–H groups in total. The van der Waals surface area contributed by atoms with Crippen LogP contribution in [0.15, 0.2) is 58.8 Å². The van der Waals surface area contributed by atoms with Crippen molar-refractivity contribution in [2.45, 2.75) is 19.8 Å². The van der Waals surface area contributed by atoms with Gasteiger partial charge < -0.3 is 15.0 Å². The van der Waals surface area contributed by atoms with Crippen LogP contribution in [0.5, 0.6) is 5.88 Å².